The Balaban J connectivity index is 0. The van der Waals surface area contributed by atoms with E-state index in [0.717, 1.165) is 13.0 Å². The normalized spacial score (nSPS) is 9.67. The summed E-state index contributed by atoms with van der Waals surface area (Å²) in [6.45, 7) is 3.07. The van der Waals surface area contributed by atoms with Crippen molar-refractivity contribution in [2.75, 3.05) is 18.1 Å². The summed E-state index contributed by atoms with van der Waals surface area (Å²) in [4.78, 5) is 20.6. The van der Waals surface area contributed by atoms with Gasteiger partial charge in [-0.15, -0.1) is 0 Å². The average molecular weight is 338 g/mol. The molecule has 2 N–H and O–H groups in total. The van der Waals surface area contributed by atoms with Crippen LogP contribution in [0.25, 0.3) is 0 Å². The Morgan fingerprint density at radius 3 is 1.86 bits per heavy atom. The van der Waals surface area contributed by atoms with Crippen LogP contribution in [-0.4, -0.2) is 35.0 Å². The molecule has 0 aliphatic heterocycles. The van der Waals surface area contributed by atoms with Crippen LogP contribution in [0.5, 0.6) is 0 Å². The number of thiol groups is 2. The molecule has 0 heterocycles. The Hall–Kier alpha value is -0.360. The lowest BCUT2D eigenvalue weighted by Crippen LogP contribution is -2.24. The van der Waals surface area contributed by atoms with Crippen LogP contribution in [0.3, 0.4) is 0 Å². The number of carboxylic acid groups (broad SMARTS) is 1. The summed E-state index contributed by atoms with van der Waals surface area (Å²) in [5.74, 6) is 0.416. The van der Waals surface area contributed by atoms with Gasteiger partial charge in [-0.2, -0.15) is 25.3 Å². The zero-order valence-electron chi connectivity index (χ0n) is 13.1. The first-order valence-electron chi connectivity index (χ1n) is 7.78. The molecule has 6 heteroatoms. The van der Waals surface area contributed by atoms with E-state index in [1.54, 1.807) is 0 Å². The number of unbranched alkanes of at least 4 members (excludes halogenated alkanes) is 6. The first kappa shape index (κ1) is 22.9. The first-order valence-corrected chi connectivity index (χ1v) is 9.05. The van der Waals surface area contributed by atoms with E-state index in [1.165, 1.54) is 38.5 Å². The van der Waals surface area contributed by atoms with E-state index in [0.29, 0.717) is 17.9 Å². The number of carbonyl (C=O) groups excluding carboxylic acids is 1. The molecule has 0 saturated carbocycles. The van der Waals surface area contributed by atoms with Gasteiger partial charge in [0.25, 0.3) is 0 Å². The largest absolute Gasteiger partial charge is 0.481 e. The Bertz CT molecular complexity index is 251. The second-order valence-corrected chi connectivity index (χ2v) is 5.71. The molecule has 0 aliphatic rings. The maximum Gasteiger partial charge on any atom is 0.304 e. The van der Waals surface area contributed by atoms with Gasteiger partial charge < -0.3 is 10.4 Å². The van der Waals surface area contributed by atoms with Gasteiger partial charge in [0.1, 0.15) is 0 Å². The third-order valence-corrected chi connectivity index (χ3v) is 3.21. The number of amides is 1. The molecule has 0 atom stereocenters. The smallest absolute Gasteiger partial charge is 0.304 e. The molecule has 0 saturated heterocycles. The minimum absolute atomic E-state index is 0.135. The molecular formula is C15H31NO3S2. The highest BCUT2D eigenvalue weighted by Crippen LogP contribution is 2.06. The van der Waals surface area contributed by atoms with Crippen molar-refractivity contribution in [1.29, 1.82) is 0 Å². The second-order valence-electron chi connectivity index (χ2n) is 4.81. The van der Waals surface area contributed by atoms with Crippen molar-refractivity contribution in [2.24, 2.45) is 0 Å². The molecule has 4 nitrogen and oxygen atoms in total. The van der Waals surface area contributed by atoms with Gasteiger partial charge in [0, 0.05) is 18.7 Å². The Kier molecular flexibility index (Phi) is 21.4. The lowest BCUT2D eigenvalue weighted by Gasteiger charge is -2.03. The van der Waals surface area contributed by atoms with Crippen LogP contribution in [0.4, 0.5) is 0 Å². The van der Waals surface area contributed by atoms with Crippen molar-refractivity contribution in [3.63, 3.8) is 0 Å². The molecule has 0 aromatic heterocycles. The monoisotopic (exact) mass is 337 g/mol. The second kappa shape index (κ2) is 19.6. The summed E-state index contributed by atoms with van der Waals surface area (Å²) in [5, 5.41) is 10.8. The fourth-order valence-electron chi connectivity index (χ4n) is 1.60. The van der Waals surface area contributed by atoms with Crippen LogP contribution >= 0.6 is 25.3 Å². The molecule has 21 heavy (non-hydrogen) atoms. The topological polar surface area (TPSA) is 66.4 Å². The van der Waals surface area contributed by atoms with Crippen LogP contribution in [0, 0.1) is 0 Å². The first-order chi connectivity index (χ1) is 10.1. The van der Waals surface area contributed by atoms with Crippen molar-refractivity contribution in [3.8, 4) is 0 Å². The standard InChI is InChI=1S/C12H25NOS.C3H6O2S/c1-2-3-4-5-6-7-8-10-13-12(14)9-11-15;4-3(5)1-2-6/h15H,2-11H2,1H3,(H,13,14);6H,1-2H2,(H,4,5). The van der Waals surface area contributed by atoms with Crippen LogP contribution in [0.2, 0.25) is 0 Å². The minimum Gasteiger partial charge on any atom is -0.481 e. The van der Waals surface area contributed by atoms with Crippen molar-refractivity contribution in [2.45, 2.75) is 64.7 Å². The number of nitrogens with one attached hydrogen (secondary N) is 1. The number of carbonyl (C=O) groups is 2. The zero-order valence-corrected chi connectivity index (χ0v) is 14.9. The molecule has 0 rings (SSSR count). The minimum atomic E-state index is -0.787. The fraction of sp³-hybridized carbons (Fsp3) is 0.867. The highest BCUT2D eigenvalue weighted by molar-refractivity contribution is 7.80. The predicted molar refractivity (Wildman–Crippen MR) is 95.6 cm³/mol. The summed E-state index contributed by atoms with van der Waals surface area (Å²) in [6.07, 6.45) is 9.74. The quantitative estimate of drug-likeness (QED) is 0.325. The SMILES string of the molecule is CCCCCCCCCNC(=O)CCS.O=C(O)CCS. The molecular weight excluding hydrogens is 306 g/mol. The number of rotatable bonds is 12. The van der Waals surface area contributed by atoms with Crippen molar-refractivity contribution >= 4 is 37.1 Å². The zero-order chi connectivity index (χ0) is 16.3. The van der Waals surface area contributed by atoms with Gasteiger partial charge in [-0.3, -0.25) is 9.59 Å². The number of carboxylic acids is 1. The Labute approximate surface area is 140 Å². The fourth-order valence-corrected chi connectivity index (χ4v) is 1.99. The van der Waals surface area contributed by atoms with E-state index in [9.17, 15) is 9.59 Å². The van der Waals surface area contributed by atoms with Crippen LogP contribution < -0.4 is 5.32 Å². The molecule has 0 spiro atoms. The predicted octanol–water partition coefficient (Wildman–Crippen LogP) is 3.56. The number of aliphatic carboxylic acids is 1. The summed E-state index contributed by atoms with van der Waals surface area (Å²) in [5.41, 5.74) is 0. The van der Waals surface area contributed by atoms with Gasteiger partial charge in [-0.1, -0.05) is 45.4 Å². The van der Waals surface area contributed by atoms with Crippen LogP contribution in [-0.2, 0) is 9.59 Å². The van der Waals surface area contributed by atoms with Crippen molar-refractivity contribution < 1.29 is 14.7 Å². The van der Waals surface area contributed by atoms with E-state index in [4.69, 9.17) is 5.11 Å². The molecule has 0 aliphatic carbocycles. The number of hydrogen-bond donors (Lipinski definition) is 4. The summed E-state index contributed by atoms with van der Waals surface area (Å²) in [7, 11) is 0. The summed E-state index contributed by atoms with van der Waals surface area (Å²) in [6, 6.07) is 0. The van der Waals surface area contributed by atoms with Gasteiger partial charge in [-0.25, -0.2) is 0 Å². The highest BCUT2D eigenvalue weighted by atomic mass is 32.1. The molecule has 0 aromatic rings. The molecule has 126 valence electrons. The van der Waals surface area contributed by atoms with Crippen LogP contribution in [0.15, 0.2) is 0 Å². The van der Waals surface area contributed by atoms with E-state index >= 15 is 0 Å². The lowest BCUT2D eigenvalue weighted by atomic mass is 10.1. The third kappa shape index (κ3) is 25.0. The highest BCUT2D eigenvalue weighted by Gasteiger charge is 1.97. The van der Waals surface area contributed by atoms with E-state index in [2.05, 4.69) is 37.5 Å². The molecule has 0 unspecified atom stereocenters. The van der Waals surface area contributed by atoms with Gasteiger partial charge in [0.2, 0.25) is 5.91 Å². The lowest BCUT2D eigenvalue weighted by molar-refractivity contribution is -0.136. The molecule has 0 aromatic carbocycles. The maximum absolute atomic E-state index is 11.1. The van der Waals surface area contributed by atoms with E-state index in [1.807, 2.05) is 0 Å². The van der Waals surface area contributed by atoms with Crippen molar-refractivity contribution in [1.82, 2.24) is 5.32 Å². The molecule has 0 radical (unpaired) electrons. The third-order valence-electron chi connectivity index (χ3n) is 2.77. The molecule has 0 bridgehead atoms. The number of hydrogen-bond acceptors (Lipinski definition) is 4. The van der Waals surface area contributed by atoms with E-state index < -0.39 is 5.97 Å². The molecule has 0 fully saturated rings. The summed E-state index contributed by atoms with van der Waals surface area (Å²) < 4.78 is 0. The van der Waals surface area contributed by atoms with Gasteiger partial charge >= 0.3 is 5.97 Å². The Morgan fingerprint density at radius 1 is 0.905 bits per heavy atom. The average Bonchev–Trinajstić information content (AvgIpc) is 2.42. The van der Waals surface area contributed by atoms with Gasteiger partial charge in [-0.05, 0) is 12.2 Å². The van der Waals surface area contributed by atoms with Crippen molar-refractivity contribution in [3.05, 3.63) is 0 Å². The molecule has 1 amide bonds. The maximum atomic E-state index is 11.1. The van der Waals surface area contributed by atoms with Gasteiger partial charge in [0.15, 0.2) is 0 Å². The van der Waals surface area contributed by atoms with Gasteiger partial charge in [0.05, 0.1) is 6.42 Å². The summed E-state index contributed by atoms with van der Waals surface area (Å²) >= 11 is 7.69. The van der Waals surface area contributed by atoms with E-state index in [-0.39, 0.29) is 12.3 Å². The Morgan fingerprint density at radius 2 is 1.43 bits per heavy atom. The van der Waals surface area contributed by atoms with Crippen LogP contribution in [0.1, 0.15) is 64.7 Å².